The highest BCUT2D eigenvalue weighted by Gasteiger charge is 2.21. The van der Waals surface area contributed by atoms with Crippen molar-refractivity contribution in [3.8, 4) is 0 Å². The van der Waals surface area contributed by atoms with Gasteiger partial charge in [-0.1, -0.05) is 0 Å². The van der Waals surface area contributed by atoms with Gasteiger partial charge < -0.3 is 20.5 Å². The Morgan fingerprint density at radius 2 is 1.94 bits per heavy atom. The van der Waals surface area contributed by atoms with Crippen molar-refractivity contribution in [2.24, 2.45) is 0 Å². The van der Waals surface area contributed by atoms with Crippen LogP contribution in [0.2, 0.25) is 0 Å². The highest BCUT2D eigenvalue weighted by molar-refractivity contribution is 5.49. The van der Waals surface area contributed by atoms with Crippen molar-refractivity contribution >= 4 is 5.82 Å². The van der Waals surface area contributed by atoms with E-state index in [-0.39, 0.29) is 5.69 Å². The molecule has 0 atom stereocenters. The Hall–Kier alpha value is -1.40. The molecule has 6 nitrogen and oxygen atoms in total. The van der Waals surface area contributed by atoms with E-state index >= 15 is 0 Å². The van der Waals surface area contributed by atoms with Crippen LogP contribution in [-0.4, -0.2) is 42.7 Å². The van der Waals surface area contributed by atoms with Crippen molar-refractivity contribution in [1.82, 2.24) is 20.6 Å². The minimum absolute atomic E-state index is 0.223. The number of H-pyrrole nitrogens is 1. The number of hydrogen-bond acceptors (Lipinski definition) is 5. The second-order valence-corrected chi connectivity index (χ2v) is 4.49. The van der Waals surface area contributed by atoms with Gasteiger partial charge in [-0.05, 0) is 0 Å². The molecule has 1 aromatic heterocycles. The third-order valence-electron chi connectivity index (χ3n) is 3.37. The molecule has 3 N–H and O–H groups in total. The van der Waals surface area contributed by atoms with Gasteiger partial charge in [0.2, 0.25) is 0 Å². The molecular weight excluding hydrogens is 218 g/mol. The second kappa shape index (κ2) is 4.46. The molecule has 1 fully saturated rings. The largest absolute Gasteiger partial charge is 0.354 e. The summed E-state index contributed by atoms with van der Waals surface area (Å²) in [4.78, 5) is 20.8. The molecule has 17 heavy (non-hydrogen) atoms. The Morgan fingerprint density at radius 1 is 1.12 bits per heavy atom. The van der Waals surface area contributed by atoms with Gasteiger partial charge in [0.15, 0.2) is 0 Å². The fraction of sp³-hybridized carbons (Fsp3) is 0.636. The second-order valence-electron chi connectivity index (χ2n) is 4.49. The molecule has 2 aliphatic heterocycles. The average molecular weight is 235 g/mol. The van der Waals surface area contributed by atoms with E-state index in [2.05, 4.69) is 25.5 Å². The summed E-state index contributed by atoms with van der Waals surface area (Å²) in [5.74, 6) is 0.873. The lowest BCUT2D eigenvalue weighted by atomic mass is 10.1. The maximum Gasteiger partial charge on any atom is 0.347 e. The number of anilines is 1. The Balaban J connectivity index is 2.01. The zero-order valence-electron chi connectivity index (χ0n) is 9.75. The number of nitrogens with one attached hydrogen (secondary N) is 3. The van der Waals surface area contributed by atoms with Crippen LogP contribution in [0.5, 0.6) is 0 Å². The van der Waals surface area contributed by atoms with Crippen LogP contribution in [0.4, 0.5) is 5.82 Å². The lowest BCUT2D eigenvalue weighted by Crippen LogP contribution is -2.45. The van der Waals surface area contributed by atoms with Crippen molar-refractivity contribution in [2.45, 2.75) is 13.0 Å². The monoisotopic (exact) mass is 235 g/mol. The maximum absolute atomic E-state index is 11.6. The number of rotatable bonds is 1. The first-order chi connectivity index (χ1) is 8.34. The Kier molecular flexibility index (Phi) is 2.82. The molecule has 92 valence electrons. The van der Waals surface area contributed by atoms with E-state index in [4.69, 9.17) is 0 Å². The van der Waals surface area contributed by atoms with E-state index < -0.39 is 0 Å². The van der Waals surface area contributed by atoms with Crippen LogP contribution >= 0.6 is 0 Å². The molecule has 0 unspecified atom stereocenters. The van der Waals surface area contributed by atoms with Crippen molar-refractivity contribution in [3.05, 3.63) is 21.7 Å². The molecule has 0 aliphatic carbocycles. The third-order valence-corrected chi connectivity index (χ3v) is 3.37. The smallest absolute Gasteiger partial charge is 0.347 e. The lowest BCUT2D eigenvalue weighted by molar-refractivity contribution is 0.570. The quantitative estimate of drug-likeness (QED) is 0.572. The van der Waals surface area contributed by atoms with Crippen LogP contribution in [0, 0.1) is 0 Å². The van der Waals surface area contributed by atoms with E-state index in [1.54, 1.807) is 0 Å². The number of aromatic nitrogens is 2. The zero-order valence-corrected chi connectivity index (χ0v) is 9.75. The predicted molar refractivity (Wildman–Crippen MR) is 65.4 cm³/mol. The number of fused-ring (bicyclic) bond motifs is 1. The standard InChI is InChI=1S/C11H17N5O/c17-11-14-9-1-2-13-7-8(9)10(15-11)16-5-3-12-4-6-16/h12-13H,1-7H2,(H,14,15,17). The van der Waals surface area contributed by atoms with Gasteiger partial charge in [-0.15, -0.1) is 0 Å². The number of aromatic amines is 1. The fourth-order valence-corrected chi connectivity index (χ4v) is 2.50. The van der Waals surface area contributed by atoms with Crippen LogP contribution in [0.15, 0.2) is 4.79 Å². The molecule has 0 spiro atoms. The average Bonchev–Trinajstić information content (AvgIpc) is 2.39. The molecule has 0 radical (unpaired) electrons. The number of hydrogen-bond donors (Lipinski definition) is 3. The van der Waals surface area contributed by atoms with Gasteiger partial charge in [-0.2, -0.15) is 4.98 Å². The van der Waals surface area contributed by atoms with E-state index in [1.165, 1.54) is 0 Å². The fourth-order valence-electron chi connectivity index (χ4n) is 2.50. The summed E-state index contributed by atoms with van der Waals surface area (Å²) in [6, 6.07) is 0. The van der Waals surface area contributed by atoms with E-state index in [0.29, 0.717) is 0 Å². The summed E-state index contributed by atoms with van der Waals surface area (Å²) >= 11 is 0. The highest BCUT2D eigenvalue weighted by atomic mass is 16.1. The molecule has 0 saturated carbocycles. The first-order valence-electron chi connectivity index (χ1n) is 6.13. The summed E-state index contributed by atoms with van der Waals surface area (Å²) in [5, 5.41) is 6.64. The summed E-state index contributed by atoms with van der Waals surface area (Å²) in [6.07, 6.45) is 0.881. The molecule has 3 rings (SSSR count). The topological polar surface area (TPSA) is 73.0 Å². The molecule has 2 aliphatic rings. The normalized spacial score (nSPS) is 20.1. The summed E-state index contributed by atoms with van der Waals surface area (Å²) in [6.45, 7) is 5.48. The van der Waals surface area contributed by atoms with Gasteiger partial charge in [0, 0.05) is 56.9 Å². The summed E-state index contributed by atoms with van der Waals surface area (Å²) in [5.41, 5.74) is 1.99. The van der Waals surface area contributed by atoms with Crippen molar-refractivity contribution in [2.75, 3.05) is 37.6 Å². The first-order valence-corrected chi connectivity index (χ1v) is 6.13. The lowest BCUT2D eigenvalue weighted by Gasteiger charge is -2.31. The van der Waals surface area contributed by atoms with E-state index in [0.717, 1.165) is 62.8 Å². The zero-order chi connectivity index (χ0) is 11.7. The van der Waals surface area contributed by atoms with Crippen LogP contribution in [-0.2, 0) is 13.0 Å². The highest BCUT2D eigenvalue weighted by Crippen LogP contribution is 2.21. The van der Waals surface area contributed by atoms with Crippen LogP contribution < -0.4 is 21.2 Å². The van der Waals surface area contributed by atoms with Gasteiger partial charge in [0.25, 0.3) is 0 Å². The van der Waals surface area contributed by atoms with Crippen molar-refractivity contribution in [3.63, 3.8) is 0 Å². The Bertz CT molecular complexity index is 463. The molecule has 3 heterocycles. The number of piperazine rings is 1. The van der Waals surface area contributed by atoms with Gasteiger partial charge in [0.05, 0.1) is 0 Å². The minimum Gasteiger partial charge on any atom is -0.354 e. The van der Waals surface area contributed by atoms with Crippen LogP contribution in [0.3, 0.4) is 0 Å². The maximum atomic E-state index is 11.6. The van der Waals surface area contributed by atoms with E-state index in [1.807, 2.05) is 0 Å². The first kappa shape index (κ1) is 10.7. The predicted octanol–water partition coefficient (Wildman–Crippen LogP) is -1.17. The Labute approximate surface area is 99.4 Å². The van der Waals surface area contributed by atoms with Crippen LogP contribution in [0.25, 0.3) is 0 Å². The van der Waals surface area contributed by atoms with Gasteiger partial charge in [-0.25, -0.2) is 4.79 Å². The molecule has 1 aromatic rings. The minimum atomic E-state index is -0.223. The Morgan fingerprint density at radius 3 is 2.76 bits per heavy atom. The molecule has 0 amide bonds. The third kappa shape index (κ3) is 2.05. The number of nitrogens with zero attached hydrogens (tertiary/aromatic N) is 2. The molecular formula is C11H17N5O. The molecule has 0 aromatic carbocycles. The molecule has 1 saturated heterocycles. The van der Waals surface area contributed by atoms with Gasteiger partial charge >= 0.3 is 5.69 Å². The molecule has 6 heteroatoms. The summed E-state index contributed by atoms with van der Waals surface area (Å²) in [7, 11) is 0. The van der Waals surface area contributed by atoms with Crippen molar-refractivity contribution in [1.29, 1.82) is 0 Å². The SMILES string of the molecule is O=c1nc(N2CCNCC2)c2c([nH]1)CCNC2. The summed E-state index contributed by atoms with van der Waals surface area (Å²) < 4.78 is 0. The van der Waals surface area contributed by atoms with Crippen LogP contribution in [0.1, 0.15) is 11.3 Å². The van der Waals surface area contributed by atoms with Gasteiger partial charge in [-0.3, -0.25) is 0 Å². The van der Waals surface area contributed by atoms with Crippen molar-refractivity contribution < 1.29 is 0 Å². The van der Waals surface area contributed by atoms with E-state index in [9.17, 15) is 4.79 Å². The molecule has 0 bridgehead atoms. The van der Waals surface area contributed by atoms with Gasteiger partial charge in [0.1, 0.15) is 5.82 Å².